The molecule has 2 aliphatic rings. The van der Waals surface area contributed by atoms with Crippen LogP contribution in [0.1, 0.15) is 46.6 Å². The normalized spacial score (nSPS) is 16.9. The topological polar surface area (TPSA) is 87.2 Å². The van der Waals surface area contributed by atoms with Crippen molar-refractivity contribution in [2.24, 2.45) is 0 Å². The summed E-state index contributed by atoms with van der Waals surface area (Å²) >= 11 is 4.79. The van der Waals surface area contributed by atoms with Gasteiger partial charge in [0.2, 0.25) is 0 Å². The van der Waals surface area contributed by atoms with Gasteiger partial charge in [0, 0.05) is 40.8 Å². The van der Waals surface area contributed by atoms with Crippen LogP contribution in [0.4, 0.5) is 9.93 Å². The highest BCUT2D eigenvalue weighted by Crippen LogP contribution is 2.29. The Morgan fingerprint density at radius 1 is 1.26 bits per heavy atom. The Hall–Kier alpha value is -2.00. The van der Waals surface area contributed by atoms with E-state index in [0.29, 0.717) is 30.2 Å². The van der Waals surface area contributed by atoms with Gasteiger partial charge in [0.25, 0.3) is 5.91 Å². The molecule has 1 aliphatic carbocycles. The van der Waals surface area contributed by atoms with E-state index in [1.165, 1.54) is 24.2 Å². The zero-order valence-electron chi connectivity index (χ0n) is 14.7. The zero-order chi connectivity index (χ0) is 18.8. The molecule has 3 heterocycles. The Labute approximate surface area is 169 Å². The van der Waals surface area contributed by atoms with Gasteiger partial charge in [-0.3, -0.25) is 15.1 Å². The lowest BCUT2D eigenvalue weighted by atomic mass is 10.1. The second-order valence-electron chi connectivity index (χ2n) is 6.84. The Bertz CT molecular complexity index is 865. The second-order valence-corrected chi connectivity index (χ2v) is 8.84. The SMILES string of the molecule is O=C(Nc1nc2c(s1)CN(C(=O)c1cncc(Br)c1)CC2)NC1CCCC1. The summed E-state index contributed by atoms with van der Waals surface area (Å²) in [6.45, 7) is 1.11. The van der Waals surface area contributed by atoms with Crippen LogP contribution >= 0.6 is 27.3 Å². The quantitative estimate of drug-likeness (QED) is 0.749. The molecule has 0 spiro atoms. The minimum Gasteiger partial charge on any atom is -0.335 e. The molecule has 4 rings (SSSR count). The minimum absolute atomic E-state index is 0.0451. The van der Waals surface area contributed by atoms with Gasteiger partial charge in [0.1, 0.15) is 0 Å². The van der Waals surface area contributed by atoms with Crippen molar-refractivity contribution in [2.75, 3.05) is 11.9 Å². The van der Waals surface area contributed by atoms with E-state index in [0.717, 1.165) is 27.9 Å². The summed E-state index contributed by atoms with van der Waals surface area (Å²) in [5.41, 5.74) is 1.53. The van der Waals surface area contributed by atoms with Crippen LogP contribution < -0.4 is 10.6 Å². The number of urea groups is 1. The Kier molecular flexibility index (Phi) is 5.40. The highest BCUT2D eigenvalue weighted by molar-refractivity contribution is 9.10. The van der Waals surface area contributed by atoms with Gasteiger partial charge in [-0.05, 0) is 34.8 Å². The number of nitrogens with zero attached hydrogens (tertiary/aromatic N) is 3. The van der Waals surface area contributed by atoms with E-state index in [1.807, 2.05) is 0 Å². The van der Waals surface area contributed by atoms with Crippen molar-refractivity contribution in [1.29, 1.82) is 0 Å². The van der Waals surface area contributed by atoms with Crippen molar-refractivity contribution in [1.82, 2.24) is 20.2 Å². The lowest BCUT2D eigenvalue weighted by Crippen LogP contribution is -2.36. The number of thiazole rings is 1. The summed E-state index contributed by atoms with van der Waals surface area (Å²) in [6, 6.07) is 1.85. The first-order valence-corrected chi connectivity index (χ1v) is 10.7. The summed E-state index contributed by atoms with van der Waals surface area (Å²) in [4.78, 5) is 36.3. The molecule has 0 aromatic carbocycles. The Balaban J connectivity index is 1.40. The lowest BCUT2D eigenvalue weighted by molar-refractivity contribution is 0.0735. The average molecular weight is 450 g/mol. The fraction of sp³-hybridized carbons (Fsp3) is 0.444. The third kappa shape index (κ3) is 4.30. The van der Waals surface area contributed by atoms with Crippen LogP contribution in [0.25, 0.3) is 0 Å². The first kappa shape index (κ1) is 18.4. The molecule has 7 nitrogen and oxygen atoms in total. The molecule has 27 heavy (non-hydrogen) atoms. The number of amides is 3. The van der Waals surface area contributed by atoms with Gasteiger partial charge in [-0.25, -0.2) is 9.78 Å². The number of halogens is 1. The van der Waals surface area contributed by atoms with Crippen LogP contribution in [0.5, 0.6) is 0 Å². The van der Waals surface area contributed by atoms with E-state index in [4.69, 9.17) is 0 Å². The van der Waals surface area contributed by atoms with Gasteiger partial charge in [0.15, 0.2) is 5.13 Å². The predicted molar refractivity (Wildman–Crippen MR) is 107 cm³/mol. The third-order valence-electron chi connectivity index (χ3n) is 4.88. The number of nitrogens with one attached hydrogen (secondary N) is 2. The maximum Gasteiger partial charge on any atom is 0.321 e. The van der Waals surface area contributed by atoms with E-state index in [9.17, 15) is 9.59 Å². The van der Waals surface area contributed by atoms with E-state index in [2.05, 4.69) is 36.5 Å². The van der Waals surface area contributed by atoms with Crippen LogP contribution in [-0.4, -0.2) is 39.4 Å². The number of fused-ring (bicyclic) bond motifs is 1. The number of carbonyl (C=O) groups excluding carboxylic acids is 2. The van der Waals surface area contributed by atoms with Crippen molar-refractivity contribution in [3.8, 4) is 0 Å². The van der Waals surface area contributed by atoms with E-state index in [-0.39, 0.29) is 18.0 Å². The van der Waals surface area contributed by atoms with Crippen LogP contribution in [0, 0.1) is 0 Å². The fourth-order valence-electron chi connectivity index (χ4n) is 3.52. The molecular weight excluding hydrogens is 430 g/mol. The highest BCUT2D eigenvalue weighted by atomic mass is 79.9. The van der Waals surface area contributed by atoms with Crippen LogP contribution in [0.3, 0.4) is 0 Å². The van der Waals surface area contributed by atoms with Crippen molar-refractivity contribution < 1.29 is 9.59 Å². The lowest BCUT2D eigenvalue weighted by Gasteiger charge is -2.26. The van der Waals surface area contributed by atoms with Crippen LogP contribution in [0.15, 0.2) is 22.9 Å². The number of anilines is 1. The molecule has 3 amide bonds. The standard InChI is InChI=1S/C18H20BrN5O2S/c19-12-7-11(8-20-9-12)16(25)24-6-5-14-15(10-24)27-18(22-14)23-17(26)21-13-3-1-2-4-13/h7-9,13H,1-6,10H2,(H2,21,22,23,26). The van der Waals surface area contributed by atoms with Crippen molar-refractivity contribution in [2.45, 2.75) is 44.7 Å². The third-order valence-corrected chi connectivity index (χ3v) is 6.31. The second kappa shape index (κ2) is 7.93. The molecule has 1 aliphatic heterocycles. The van der Waals surface area contributed by atoms with Gasteiger partial charge < -0.3 is 10.2 Å². The number of hydrogen-bond acceptors (Lipinski definition) is 5. The van der Waals surface area contributed by atoms with Gasteiger partial charge in [-0.15, -0.1) is 0 Å². The molecule has 142 valence electrons. The number of pyridine rings is 1. The molecule has 2 aromatic rings. The number of rotatable bonds is 3. The van der Waals surface area contributed by atoms with Crippen molar-refractivity contribution in [3.05, 3.63) is 39.1 Å². The highest BCUT2D eigenvalue weighted by Gasteiger charge is 2.26. The largest absolute Gasteiger partial charge is 0.335 e. The maximum atomic E-state index is 12.7. The average Bonchev–Trinajstić information content (AvgIpc) is 3.29. The molecule has 0 saturated heterocycles. The summed E-state index contributed by atoms with van der Waals surface area (Å²) < 4.78 is 0.781. The van der Waals surface area contributed by atoms with E-state index in [1.54, 1.807) is 23.4 Å². The molecular formula is C18H20BrN5O2S. The van der Waals surface area contributed by atoms with Gasteiger partial charge in [0.05, 0.1) is 17.8 Å². The molecule has 9 heteroatoms. The fourth-order valence-corrected chi connectivity index (χ4v) is 4.91. The monoisotopic (exact) mass is 449 g/mol. The molecule has 1 saturated carbocycles. The smallest absolute Gasteiger partial charge is 0.321 e. The maximum absolute atomic E-state index is 12.7. The molecule has 0 atom stereocenters. The Morgan fingerprint density at radius 2 is 2.07 bits per heavy atom. The summed E-state index contributed by atoms with van der Waals surface area (Å²) in [5.74, 6) is -0.0451. The minimum atomic E-state index is -0.193. The summed E-state index contributed by atoms with van der Waals surface area (Å²) in [6.07, 6.45) is 8.36. The molecule has 0 radical (unpaired) electrons. The number of carbonyl (C=O) groups is 2. The Morgan fingerprint density at radius 3 is 2.85 bits per heavy atom. The van der Waals surface area contributed by atoms with Crippen LogP contribution in [-0.2, 0) is 13.0 Å². The predicted octanol–water partition coefficient (Wildman–Crippen LogP) is 3.56. The van der Waals surface area contributed by atoms with E-state index < -0.39 is 0 Å². The first-order valence-electron chi connectivity index (χ1n) is 9.04. The van der Waals surface area contributed by atoms with Gasteiger partial charge in [-0.1, -0.05) is 24.2 Å². The molecule has 2 aromatic heterocycles. The van der Waals surface area contributed by atoms with Gasteiger partial charge >= 0.3 is 6.03 Å². The number of aromatic nitrogens is 2. The first-order chi connectivity index (χ1) is 13.1. The molecule has 0 bridgehead atoms. The van der Waals surface area contributed by atoms with Crippen LogP contribution in [0.2, 0.25) is 0 Å². The van der Waals surface area contributed by atoms with E-state index >= 15 is 0 Å². The van der Waals surface area contributed by atoms with Crippen molar-refractivity contribution >= 4 is 44.3 Å². The molecule has 1 fully saturated rings. The number of hydrogen-bond donors (Lipinski definition) is 2. The van der Waals surface area contributed by atoms with Gasteiger partial charge in [-0.2, -0.15) is 0 Å². The molecule has 2 N–H and O–H groups in total. The zero-order valence-corrected chi connectivity index (χ0v) is 17.1. The summed E-state index contributed by atoms with van der Waals surface area (Å²) in [5, 5.41) is 6.44. The van der Waals surface area contributed by atoms with Crippen molar-refractivity contribution in [3.63, 3.8) is 0 Å². The summed E-state index contributed by atoms with van der Waals surface area (Å²) in [7, 11) is 0. The molecule has 0 unspecified atom stereocenters.